The maximum atomic E-state index is 10.1. The van der Waals surface area contributed by atoms with Crippen LogP contribution in [0.4, 0.5) is 17.3 Å². The van der Waals surface area contributed by atoms with E-state index >= 15 is 0 Å². The Morgan fingerprint density at radius 2 is 0.909 bits per heavy atom. The van der Waals surface area contributed by atoms with Crippen LogP contribution < -0.4 is 0 Å². The molecule has 0 atom stereocenters. The number of ether oxygens (including phenoxy) is 1. The molecule has 0 aliphatic carbocycles. The number of rotatable bonds is 1. The van der Waals surface area contributed by atoms with Crippen molar-refractivity contribution in [1.29, 1.82) is 5.41 Å². The highest BCUT2D eigenvalue weighted by Crippen LogP contribution is 1.77. The lowest BCUT2D eigenvalue weighted by Crippen LogP contribution is -1.98. The summed E-state index contributed by atoms with van der Waals surface area (Å²) >= 11 is 0. The van der Waals surface area contributed by atoms with E-state index in [2.05, 4.69) is 4.74 Å². The van der Waals surface area contributed by atoms with Gasteiger partial charge in [0.15, 0.2) is 5.90 Å². The lowest BCUT2D eigenvalue weighted by atomic mass is 10.3. The smallest absolute Gasteiger partial charge is 0.484 e. The Kier molecular flexibility index (Phi) is 42.4. The summed E-state index contributed by atoms with van der Waals surface area (Å²) in [6, 6.07) is 0. The molecule has 0 aromatic rings. The molecular formula is C4H17B4F4NO9. The highest BCUT2D eigenvalue weighted by atomic mass is 19.1. The fourth-order valence-corrected chi connectivity index (χ4v) is 0.144. The Balaban J connectivity index is -0.0000000555. The third-order valence-corrected chi connectivity index (χ3v) is 0.568. The first kappa shape index (κ1) is 32.9. The first-order valence-corrected chi connectivity index (χ1v) is 4.86. The van der Waals surface area contributed by atoms with Crippen molar-refractivity contribution in [3.05, 3.63) is 0 Å². The Labute approximate surface area is 124 Å². The molecule has 0 spiro atoms. The van der Waals surface area contributed by atoms with E-state index in [0.717, 1.165) is 0 Å². The molecule has 0 fully saturated rings. The third kappa shape index (κ3) is 642. The monoisotopic (exact) mass is 343 g/mol. The molecule has 0 bridgehead atoms. The van der Waals surface area contributed by atoms with E-state index in [1.54, 1.807) is 0 Å². The zero-order valence-corrected chi connectivity index (χ0v) is 11.5. The summed E-state index contributed by atoms with van der Waals surface area (Å²) in [6.45, 7) is 1.88. The van der Waals surface area contributed by atoms with Gasteiger partial charge in [0, 0.05) is 6.42 Å². The van der Waals surface area contributed by atoms with Crippen LogP contribution in [0.3, 0.4) is 0 Å². The van der Waals surface area contributed by atoms with E-state index in [1.165, 1.54) is 7.11 Å². The Bertz CT molecular complexity index is 165. The van der Waals surface area contributed by atoms with E-state index < -0.39 is 29.6 Å². The standard InChI is InChI=1S/C4H9NO.4BFH2O2/c1-3-4(5)6-2;4*2-1(3)4/h5H,3H2,1-2H3;4*3-4H. The lowest BCUT2D eigenvalue weighted by Gasteiger charge is -1.91. The van der Waals surface area contributed by atoms with Gasteiger partial charge >= 0.3 is 29.6 Å². The highest BCUT2D eigenvalue weighted by Gasteiger charge is 1.98. The van der Waals surface area contributed by atoms with Crippen molar-refractivity contribution in [2.24, 2.45) is 0 Å². The molecule has 0 aromatic heterocycles. The summed E-state index contributed by atoms with van der Waals surface area (Å²) in [5.74, 6) is 0.343. The minimum Gasteiger partial charge on any atom is -0.484 e. The zero-order valence-electron chi connectivity index (χ0n) is 11.5. The molecular weight excluding hydrogens is 325 g/mol. The Morgan fingerprint density at radius 3 is 0.909 bits per heavy atom. The molecule has 0 saturated carbocycles. The number of methoxy groups -OCH3 is 1. The maximum absolute atomic E-state index is 10.1. The molecule has 0 heterocycles. The number of hydrogen-bond acceptors (Lipinski definition) is 10. The first-order chi connectivity index (χ1) is 9.74. The number of hydrogen-bond donors (Lipinski definition) is 9. The molecule has 9 N–H and O–H groups in total. The van der Waals surface area contributed by atoms with Gasteiger partial charge in [-0.25, -0.2) is 0 Å². The van der Waals surface area contributed by atoms with E-state index in [-0.39, 0.29) is 0 Å². The number of halogens is 4. The van der Waals surface area contributed by atoms with Crippen molar-refractivity contribution in [2.45, 2.75) is 13.3 Å². The molecule has 10 nitrogen and oxygen atoms in total. The van der Waals surface area contributed by atoms with Crippen molar-refractivity contribution >= 4 is 35.5 Å². The summed E-state index contributed by atoms with van der Waals surface area (Å²) in [7, 11) is -9.16. The third-order valence-electron chi connectivity index (χ3n) is 0.568. The van der Waals surface area contributed by atoms with Gasteiger partial charge in [0.05, 0.1) is 7.11 Å². The summed E-state index contributed by atoms with van der Waals surface area (Å²) in [5, 5.41) is 62.3. The minimum atomic E-state index is -2.67. The summed E-state index contributed by atoms with van der Waals surface area (Å²) < 4.78 is 44.9. The van der Waals surface area contributed by atoms with Crippen LogP contribution >= 0.6 is 0 Å². The normalized spacial score (nSPS) is 7.00. The van der Waals surface area contributed by atoms with Crippen LogP contribution in [0.5, 0.6) is 0 Å². The highest BCUT2D eigenvalue weighted by molar-refractivity contribution is 6.32. The van der Waals surface area contributed by atoms with Crippen LogP contribution in [0, 0.1) is 5.41 Å². The van der Waals surface area contributed by atoms with Crippen molar-refractivity contribution in [2.75, 3.05) is 7.11 Å². The average molecular weight is 342 g/mol. The van der Waals surface area contributed by atoms with Crippen molar-refractivity contribution in [1.82, 2.24) is 0 Å². The van der Waals surface area contributed by atoms with Crippen LogP contribution in [-0.2, 0) is 4.74 Å². The molecule has 22 heavy (non-hydrogen) atoms. The van der Waals surface area contributed by atoms with Gasteiger partial charge < -0.3 is 44.9 Å². The average Bonchev–Trinajstić information content (AvgIpc) is 2.24. The van der Waals surface area contributed by atoms with Gasteiger partial charge in [0.2, 0.25) is 0 Å². The van der Waals surface area contributed by atoms with Gasteiger partial charge in [-0.15, -0.1) is 0 Å². The molecule has 0 radical (unpaired) electrons. The fourth-order valence-electron chi connectivity index (χ4n) is 0.144. The predicted octanol–water partition coefficient (Wildman–Crippen LogP) is -3.28. The van der Waals surface area contributed by atoms with Crippen LogP contribution in [0.15, 0.2) is 0 Å². The van der Waals surface area contributed by atoms with E-state index in [4.69, 9.17) is 45.6 Å². The molecule has 0 aliphatic heterocycles. The molecule has 0 unspecified atom stereocenters. The summed E-state index contributed by atoms with van der Waals surface area (Å²) in [4.78, 5) is 0. The van der Waals surface area contributed by atoms with Gasteiger partial charge in [-0.3, -0.25) is 22.7 Å². The van der Waals surface area contributed by atoms with Crippen molar-refractivity contribution in [3.8, 4) is 0 Å². The van der Waals surface area contributed by atoms with Crippen LogP contribution in [0.25, 0.3) is 0 Å². The quantitative estimate of drug-likeness (QED) is 0.102. The van der Waals surface area contributed by atoms with Gasteiger partial charge in [-0.05, 0) is 0 Å². The summed E-state index contributed by atoms with van der Waals surface area (Å²) in [5.41, 5.74) is 0. The second kappa shape index (κ2) is 28.3. The zero-order chi connectivity index (χ0) is 19.3. The van der Waals surface area contributed by atoms with Gasteiger partial charge in [-0.2, -0.15) is 0 Å². The molecule has 0 rings (SSSR count). The molecule has 132 valence electrons. The molecule has 0 aliphatic rings. The van der Waals surface area contributed by atoms with Crippen LogP contribution in [0.2, 0.25) is 0 Å². The molecule has 0 aromatic carbocycles. The second-order valence-corrected chi connectivity index (χ2v) is 2.22. The summed E-state index contributed by atoms with van der Waals surface area (Å²) in [6.07, 6.45) is 0.691. The topological polar surface area (TPSA) is 195 Å². The van der Waals surface area contributed by atoms with Gasteiger partial charge in [-0.1, -0.05) is 6.92 Å². The van der Waals surface area contributed by atoms with Gasteiger partial charge in [0.1, 0.15) is 0 Å². The van der Waals surface area contributed by atoms with Gasteiger partial charge in [0.25, 0.3) is 0 Å². The predicted molar refractivity (Wildman–Crippen MR) is 70.2 cm³/mol. The van der Waals surface area contributed by atoms with Crippen molar-refractivity contribution in [3.63, 3.8) is 0 Å². The van der Waals surface area contributed by atoms with Crippen LogP contribution in [-0.4, -0.2) is 82.8 Å². The van der Waals surface area contributed by atoms with E-state index in [9.17, 15) is 17.3 Å². The Morgan fingerprint density at radius 1 is 0.773 bits per heavy atom. The van der Waals surface area contributed by atoms with Crippen molar-refractivity contribution < 1.29 is 62.2 Å². The minimum absolute atomic E-state index is 0.343. The Hall–Kier alpha value is -0.870. The van der Waals surface area contributed by atoms with E-state index in [0.29, 0.717) is 12.3 Å². The lowest BCUT2D eigenvalue weighted by molar-refractivity contribution is 0.338. The first-order valence-electron chi connectivity index (χ1n) is 4.86. The molecule has 0 saturated heterocycles. The molecule has 18 heteroatoms. The largest absolute Gasteiger partial charge is 0.674 e. The molecule has 0 amide bonds. The second-order valence-electron chi connectivity index (χ2n) is 2.22. The maximum Gasteiger partial charge on any atom is 0.674 e. The number of nitrogens with one attached hydrogen (secondary N) is 1. The van der Waals surface area contributed by atoms with Crippen LogP contribution in [0.1, 0.15) is 13.3 Å². The van der Waals surface area contributed by atoms with E-state index in [1.807, 2.05) is 6.92 Å². The SMILES string of the molecule is CCC(=N)OC.OB(O)F.OB(O)F.OB(O)F.OB(O)F. The fraction of sp³-hybridized carbons (Fsp3) is 0.750.